The van der Waals surface area contributed by atoms with Crippen molar-refractivity contribution in [1.29, 1.82) is 0 Å². The number of halogens is 2. The molecule has 1 unspecified atom stereocenters. The van der Waals surface area contributed by atoms with Crippen LogP contribution in [0.1, 0.15) is 26.7 Å². The minimum atomic E-state index is -0.464. The fourth-order valence-corrected chi connectivity index (χ4v) is 2.46. The summed E-state index contributed by atoms with van der Waals surface area (Å²) in [5.41, 5.74) is 6.53. The summed E-state index contributed by atoms with van der Waals surface area (Å²) in [7, 11) is 0. The van der Waals surface area contributed by atoms with E-state index in [2.05, 4.69) is 12.2 Å². The van der Waals surface area contributed by atoms with Gasteiger partial charge in [0.05, 0.1) is 11.7 Å². The normalized spacial score (nSPS) is 11.6. The van der Waals surface area contributed by atoms with Crippen molar-refractivity contribution in [3.63, 3.8) is 0 Å². The molecule has 1 amide bonds. The van der Waals surface area contributed by atoms with Crippen LogP contribution >= 0.6 is 35.8 Å². The van der Waals surface area contributed by atoms with E-state index in [1.165, 1.54) is 0 Å². The molecule has 19 heavy (non-hydrogen) atoms. The number of nitrogens with one attached hydrogen (secondary N) is 1. The molecule has 1 rings (SSSR count). The van der Waals surface area contributed by atoms with Gasteiger partial charge in [-0.25, -0.2) is 0 Å². The van der Waals surface area contributed by atoms with E-state index in [1.54, 1.807) is 17.8 Å². The maximum atomic E-state index is 11.9. The van der Waals surface area contributed by atoms with Gasteiger partial charge in [-0.15, -0.1) is 24.2 Å². The first-order chi connectivity index (χ1) is 8.58. The lowest BCUT2D eigenvalue weighted by molar-refractivity contribution is -0.117. The molecule has 0 aliphatic rings. The third-order valence-electron chi connectivity index (χ3n) is 2.44. The summed E-state index contributed by atoms with van der Waals surface area (Å²) in [5, 5.41) is 3.46. The van der Waals surface area contributed by atoms with Crippen molar-refractivity contribution in [2.45, 2.75) is 37.6 Å². The topological polar surface area (TPSA) is 55.1 Å². The number of benzene rings is 1. The molecule has 1 atom stereocenters. The third-order valence-corrected chi connectivity index (χ3v) is 3.63. The van der Waals surface area contributed by atoms with Crippen molar-refractivity contribution in [2.75, 3.05) is 11.1 Å². The molecule has 0 spiro atoms. The molecule has 0 fully saturated rings. The molecule has 6 heteroatoms. The van der Waals surface area contributed by atoms with Crippen molar-refractivity contribution in [1.82, 2.24) is 0 Å². The second-order valence-corrected chi connectivity index (χ2v) is 5.70. The Morgan fingerprint density at radius 2 is 2.16 bits per heavy atom. The molecule has 0 heterocycles. The molecule has 1 aromatic rings. The van der Waals surface area contributed by atoms with Crippen LogP contribution in [-0.4, -0.2) is 17.7 Å². The maximum Gasteiger partial charge on any atom is 0.241 e. The Morgan fingerprint density at radius 3 is 2.74 bits per heavy atom. The van der Waals surface area contributed by atoms with Crippen molar-refractivity contribution in [2.24, 2.45) is 5.73 Å². The summed E-state index contributed by atoms with van der Waals surface area (Å²) in [6, 6.07) is 5.03. The van der Waals surface area contributed by atoms with Gasteiger partial charge in [-0.3, -0.25) is 4.79 Å². The van der Waals surface area contributed by atoms with Gasteiger partial charge in [-0.1, -0.05) is 31.9 Å². The number of thioether (sulfide) groups is 1. The maximum absolute atomic E-state index is 11.9. The van der Waals surface area contributed by atoms with Crippen molar-refractivity contribution in [3.8, 4) is 0 Å². The SMILES string of the molecule is CCCC(N)C(=O)Nc1cc(Cl)ccc1SCC.Cl. The van der Waals surface area contributed by atoms with Gasteiger partial charge in [0, 0.05) is 9.92 Å². The van der Waals surface area contributed by atoms with Gasteiger partial charge < -0.3 is 11.1 Å². The molecule has 0 saturated carbocycles. The summed E-state index contributed by atoms with van der Waals surface area (Å²) in [5.74, 6) is 0.781. The van der Waals surface area contributed by atoms with Crippen LogP contribution in [0, 0.1) is 0 Å². The summed E-state index contributed by atoms with van der Waals surface area (Å²) in [6.07, 6.45) is 1.57. The Bertz CT molecular complexity index is 416. The standard InChI is InChI=1S/C13H19ClN2OS.ClH/c1-3-5-10(15)13(17)16-11-8-9(14)6-7-12(11)18-4-2;/h6-8,10H,3-5,15H2,1-2H3,(H,16,17);1H. The quantitative estimate of drug-likeness (QED) is 0.780. The van der Waals surface area contributed by atoms with Crippen LogP contribution in [0.4, 0.5) is 5.69 Å². The Labute approximate surface area is 130 Å². The molecule has 1 aromatic carbocycles. The molecule has 108 valence electrons. The van der Waals surface area contributed by atoms with Crippen LogP contribution in [-0.2, 0) is 4.79 Å². The monoisotopic (exact) mass is 322 g/mol. The Kier molecular flexibility index (Phi) is 9.27. The van der Waals surface area contributed by atoms with E-state index in [4.69, 9.17) is 17.3 Å². The zero-order valence-corrected chi connectivity index (χ0v) is 13.5. The molecule has 0 aromatic heterocycles. The molecule has 0 aliphatic carbocycles. The molecular formula is C13H20Cl2N2OS. The highest BCUT2D eigenvalue weighted by Crippen LogP contribution is 2.29. The Hall–Kier alpha value is -0.420. The fourth-order valence-electron chi connectivity index (χ4n) is 1.55. The summed E-state index contributed by atoms with van der Waals surface area (Å²) in [4.78, 5) is 12.9. The van der Waals surface area contributed by atoms with Crippen molar-refractivity contribution >= 4 is 47.4 Å². The van der Waals surface area contributed by atoms with Gasteiger partial charge in [0.2, 0.25) is 5.91 Å². The van der Waals surface area contributed by atoms with E-state index in [0.717, 1.165) is 22.8 Å². The number of anilines is 1. The largest absolute Gasteiger partial charge is 0.324 e. The molecule has 0 radical (unpaired) electrons. The zero-order chi connectivity index (χ0) is 13.5. The highest BCUT2D eigenvalue weighted by atomic mass is 35.5. The van der Waals surface area contributed by atoms with Gasteiger partial charge in [-0.2, -0.15) is 0 Å². The summed E-state index contributed by atoms with van der Waals surface area (Å²) >= 11 is 7.61. The van der Waals surface area contributed by atoms with E-state index in [1.807, 2.05) is 19.1 Å². The van der Waals surface area contributed by atoms with Crippen LogP contribution in [0.5, 0.6) is 0 Å². The van der Waals surface area contributed by atoms with E-state index >= 15 is 0 Å². The average molecular weight is 323 g/mol. The van der Waals surface area contributed by atoms with Crippen LogP contribution in [0.25, 0.3) is 0 Å². The minimum absolute atomic E-state index is 0. The first-order valence-corrected chi connectivity index (χ1v) is 7.43. The van der Waals surface area contributed by atoms with Crippen LogP contribution in [0.15, 0.2) is 23.1 Å². The lowest BCUT2D eigenvalue weighted by atomic mass is 10.1. The zero-order valence-electron chi connectivity index (χ0n) is 11.1. The molecule has 0 aliphatic heterocycles. The average Bonchev–Trinajstić information content (AvgIpc) is 2.33. The predicted octanol–water partition coefficient (Wildman–Crippen LogP) is 3.94. The van der Waals surface area contributed by atoms with E-state index in [0.29, 0.717) is 11.4 Å². The Balaban J connectivity index is 0.00000324. The van der Waals surface area contributed by atoms with E-state index in [-0.39, 0.29) is 18.3 Å². The number of hydrogen-bond acceptors (Lipinski definition) is 3. The number of amides is 1. The van der Waals surface area contributed by atoms with E-state index < -0.39 is 6.04 Å². The number of hydrogen-bond donors (Lipinski definition) is 2. The second kappa shape index (κ2) is 9.48. The molecule has 0 bridgehead atoms. The molecular weight excluding hydrogens is 303 g/mol. The van der Waals surface area contributed by atoms with Gasteiger partial charge in [0.25, 0.3) is 0 Å². The fraction of sp³-hybridized carbons (Fsp3) is 0.462. The summed E-state index contributed by atoms with van der Waals surface area (Å²) in [6.45, 7) is 4.07. The van der Waals surface area contributed by atoms with Crippen molar-refractivity contribution < 1.29 is 4.79 Å². The first-order valence-electron chi connectivity index (χ1n) is 6.07. The first kappa shape index (κ1) is 18.6. The van der Waals surface area contributed by atoms with Gasteiger partial charge in [0.1, 0.15) is 0 Å². The minimum Gasteiger partial charge on any atom is -0.324 e. The highest BCUT2D eigenvalue weighted by molar-refractivity contribution is 7.99. The highest BCUT2D eigenvalue weighted by Gasteiger charge is 2.14. The lowest BCUT2D eigenvalue weighted by Crippen LogP contribution is -2.35. The molecule has 3 nitrogen and oxygen atoms in total. The number of carbonyl (C=O) groups is 1. The second-order valence-electron chi connectivity index (χ2n) is 3.96. The predicted molar refractivity (Wildman–Crippen MR) is 86.6 cm³/mol. The van der Waals surface area contributed by atoms with Gasteiger partial charge in [0.15, 0.2) is 0 Å². The number of carbonyl (C=O) groups excluding carboxylic acids is 1. The smallest absolute Gasteiger partial charge is 0.241 e. The van der Waals surface area contributed by atoms with Crippen LogP contribution in [0.3, 0.4) is 0 Å². The summed E-state index contributed by atoms with van der Waals surface area (Å²) < 4.78 is 0. The van der Waals surface area contributed by atoms with E-state index in [9.17, 15) is 4.79 Å². The van der Waals surface area contributed by atoms with Crippen LogP contribution in [0.2, 0.25) is 5.02 Å². The van der Waals surface area contributed by atoms with Gasteiger partial charge in [-0.05, 0) is 30.4 Å². The lowest BCUT2D eigenvalue weighted by Gasteiger charge is -2.14. The third kappa shape index (κ3) is 6.04. The number of nitrogens with two attached hydrogens (primary N) is 1. The molecule has 0 saturated heterocycles. The van der Waals surface area contributed by atoms with Gasteiger partial charge >= 0.3 is 0 Å². The van der Waals surface area contributed by atoms with Crippen molar-refractivity contribution in [3.05, 3.63) is 23.2 Å². The molecule has 3 N–H and O–H groups in total. The Morgan fingerprint density at radius 1 is 1.47 bits per heavy atom. The van der Waals surface area contributed by atoms with Crippen LogP contribution < -0.4 is 11.1 Å². The number of rotatable bonds is 6.